The van der Waals surface area contributed by atoms with Crippen molar-refractivity contribution >= 4 is 52.5 Å². The summed E-state index contributed by atoms with van der Waals surface area (Å²) in [7, 11) is 1.53. The number of fused-ring (bicyclic) bond motifs is 2. The zero-order valence-corrected chi connectivity index (χ0v) is 20.4. The van der Waals surface area contributed by atoms with Crippen LogP contribution in [0.4, 0.5) is 10.5 Å². The molecule has 0 radical (unpaired) electrons. The number of thioether (sulfide) groups is 1. The molecule has 13 heteroatoms. The second-order valence-corrected chi connectivity index (χ2v) is 10.2. The number of ether oxygens (including phenoxy) is 1. The van der Waals surface area contributed by atoms with Gasteiger partial charge in [-0.2, -0.15) is 4.90 Å². The summed E-state index contributed by atoms with van der Waals surface area (Å²) in [5.41, 5.74) is 6.45. The number of anilines is 1. The van der Waals surface area contributed by atoms with E-state index in [-0.39, 0.29) is 6.54 Å². The summed E-state index contributed by atoms with van der Waals surface area (Å²) < 4.78 is 6.39. The molecule has 3 N–H and O–H groups in total. The largest absolute Gasteiger partial charge is 0.497 e. The number of urea groups is 1. The molecule has 1 fully saturated rings. The Morgan fingerprint density at radius 3 is 2.53 bits per heavy atom. The van der Waals surface area contributed by atoms with Crippen LogP contribution in [0.5, 0.6) is 5.75 Å². The summed E-state index contributed by atoms with van der Waals surface area (Å²) in [5, 5.41) is 2.15. The number of likely N-dealkylation sites (tertiary alicyclic amines) is 1. The van der Waals surface area contributed by atoms with Gasteiger partial charge in [-0.05, 0) is 35.9 Å². The van der Waals surface area contributed by atoms with Crippen molar-refractivity contribution in [2.75, 3.05) is 12.4 Å². The van der Waals surface area contributed by atoms with Crippen LogP contribution in [-0.2, 0) is 20.9 Å². The lowest BCUT2D eigenvalue weighted by Gasteiger charge is -2.30. The summed E-state index contributed by atoms with van der Waals surface area (Å²) in [6.07, 6.45) is 3.12. The molecule has 1 saturated heterocycles. The van der Waals surface area contributed by atoms with Crippen molar-refractivity contribution in [2.24, 2.45) is 11.7 Å². The van der Waals surface area contributed by atoms with E-state index in [1.54, 1.807) is 48.8 Å². The van der Waals surface area contributed by atoms with Crippen molar-refractivity contribution in [3.05, 3.63) is 68.9 Å². The predicted molar refractivity (Wildman–Crippen MR) is 131 cm³/mol. The quantitative estimate of drug-likeness (QED) is 0.477. The molecule has 11 nitrogen and oxygen atoms in total. The first-order chi connectivity index (χ1) is 17.3. The average Bonchev–Trinajstić information content (AvgIpc) is 3.31. The molecule has 0 bridgehead atoms. The van der Waals surface area contributed by atoms with Gasteiger partial charge >= 0.3 is 10.9 Å². The van der Waals surface area contributed by atoms with Gasteiger partial charge in [0.15, 0.2) is 0 Å². The third kappa shape index (κ3) is 3.95. The number of carbonyl (C=O) groups is 4. The normalized spacial score (nSPS) is 20.6. The minimum Gasteiger partial charge on any atom is -0.497 e. The maximum Gasteiger partial charge on any atom is 0.328 e. The molecule has 0 saturated carbocycles. The molecule has 5 amide bonds. The van der Waals surface area contributed by atoms with Gasteiger partial charge < -0.3 is 15.8 Å². The van der Waals surface area contributed by atoms with Crippen LogP contribution in [0.25, 0.3) is 0 Å². The van der Waals surface area contributed by atoms with E-state index >= 15 is 0 Å². The predicted octanol–water partition coefficient (Wildman–Crippen LogP) is 1.62. The number of benzene rings is 1. The van der Waals surface area contributed by atoms with E-state index < -0.39 is 45.7 Å². The Bertz CT molecular complexity index is 1440. The minimum absolute atomic E-state index is 0.303. The second kappa shape index (κ2) is 9.24. The van der Waals surface area contributed by atoms with Crippen LogP contribution in [0.3, 0.4) is 0 Å². The van der Waals surface area contributed by atoms with Gasteiger partial charge in [0.25, 0.3) is 5.91 Å². The molecule has 0 aliphatic carbocycles. The van der Waals surface area contributed by atoms with Crippen LogP contribution in [0.2, 0.25) is 0 Å². The number of aromatic nitrogens is 2. The fourth-order valence-electron chi connectivity index (χ4n) is 4.41. The number of imide groups is 3. The maximum atomic E-state index is 13.1. The molecule has 3 atom stereocenters. The van der Waals surface area contributed by atoms with Gasteiger partial charge in [0.1, 0.15) is 17.5 Å². The summed E-state index contributed by atoms with van der Waals surface area (Å²) in [6.45, 7) is -0.303. The second-order valence-electron chi connectivity index (χ2n) is 8.08. The van der Waals surface area contributed by atoms with Crippen molar-refractivity contribution in [1.82, 2.24) is 14.5 Å². The fourth-order valence-corrected chi connectivity index (χ4v) is 7.18. The molecule has 1 aromatic carbocycles. The lowest BCUT2D eigenvalue weighted by atomic mass is 9.84. The molecule has 36 heavy (non-hydrogen) atoms. The Hall–Kier alpha value is -3.97. The van der Waals surface area contributed by atoms with Gasteiger partial charge in [-0.3, -0.25) is 28.7 Å². The van der Waals surface area contributed by atoms with Crippen LogP contribution >= 0.6 is 23.1 Å². The van der Waals surface area contributed by atoms with Crippen LogP contribution in [0.1, 0.15) is 16.4 Å². The molecule has 184 valence electrons. The average molecular weight is 526 g/mol. The number of nitrogens with zero attached hydrogens (tertiary/aromatic N) is 3. The van der Waals surface area contributed by atoms with Gasteiger partial charge in [0, 0.05) is 28.9 Å². The first-order valence-corrected chi connectivity index (χ1v) is 12.4. The van der Waals surface area contributed by atoms with Gasteiger partial charge in [-0.25, -0.2) is 4.79 Å². The molecular weight excluding hydrogens is 506 g/mol. The highest BCUT2D eigenvalue weighted by molar-refractivity contribution is 8.00. The highest BCUT2D eigenvalue weighted by Gasteiger charge is 2.57. The van der Waals surface area contributed by atoms with E-state index in [9.17, 15) is 24.0 Å². The SMILES string of the molecule is COc1ccc(NC(=O)Cn2c3c(sc2=O)C(c2cccnc2)C2C(=O)N(C(N)=O)C(=O)C2S3)cc1. The first kappa shape index (κ1) is 23.8. The smallest absolute Gasteiger partial charge is 0.328 e. The summed E-state index contributed by atoms with van der Waals surface area (Å²) in [6, 6.07) is 8.99. The Morgan fingerprint density at radius 2 is 1.89 bits per heavy atom. The molecule has 2 aromatic heterocycles. The molecule has 0 spiro atoms. The number of amides is 5. The van der Waals surface area contributed by atoms with E-state index in [1.807, 2.05) is 0 Å². The van der Waals surface area contributed by atoms with E-state index in [4.69, 9.17) is 10.5 Å². The van der Waals surface area contributed by atoms with Gasteiger partial charge in [-0.15, -0.1) is 0 Å². The summed E-state index contributed by atoms with van der Waals surface area (Å²) in [5.74, 6) is -2.92. The van der Waals surface area contributed by atoms with Crippen LogP contribution in [-0.4, -0.2) is 50.6 Å². The summed E-state index contributed by atoms with van der Waals surface area (Å²) in [4.78, 5) is 68.5. The number of primary amides is 1. The zero-order valence-electron chi connectivity index (χ0n) is 18.7. The van der Waals surface area contributed by atoms with Crippen molar-refractivity contribution in [3.8, 4) is 5.75 Å². The number of carbonyl (C=O) groups excluding carboxylic acids is 4. The maximum absolute atomic E-state index is 13.1. The molecular formula is C23H19N5O6S2. The van der Waals surface area contributed by atoms with Gasteiger partial charge in [0.2, 0.25) is 11.8 Å². The Kier molecular flexibility index (Phi) is 6.10. The van der Waals surface area contributed by atoms with Crippen LogP contribution < -0.4 is 20.7 Å². The highest BCUT2D eigenvalue weighted by atomic mass is 32.2. The van der Waals surface area contributed by atoms with Crippen LogP contribution in [0, 0.1) is 5.92 Å². The van der Waals surface area contributed by atoms with Gasteiger partial charge in [-0.1, -0.05) is 29.2 Å². The standard InChI is InChI=1S/C23H19N5O6S2/c1-34-13-6-4-12(5-7-13)26-14(29)10-27-21-18(36-23(27)33)15(11-3-2-8-25-9-11)16-17(35-21)20(31)28(19(16)30)22(24)32/h2-9,15-17H,10H2,1H3,(H2,24,32)(H,26,29). The fraction of sp³-hybridized carbons (Fsp3) is 0.217. The topological polar surface area (TPSA) is 154 Å². The van der Waals surface area contributed by atoms with E-state index in [0.29, 0.717) is 31.8 Å². The van der Waals surface area contributed by atoms with Gasteiger partial charge in [0.05, 0.1) is 18.1 Å². The van der Waals surface area contributed by atoms with E-state index in [1.165, 1.54) is 11.7 Å². The molecule has 3 aromatic rings. The number of thiazole rings is 1. The third-order valence-electron chi connectivity index (χ3n) is 5.99. The number of nitrogens with two attached hydrogens (primary N) is 1. The van der Waals surface area contributed by atoms with Crippen molar-refractivity contribution in [1.29, 1.82) is 0 Å². The number of methoxy groups -OCH3 is 1. The van der Waals surface area contributed by atoms with E-state index in [0.717, 1.165) is 23.1 Å². The highest BCUT2D eigenvalue weighted by Crippen LogP contribution is 2.53. The Morgan fingerprint density at radius 1 is 1.14 bits per heavy atom. The number of nitrogens with one attached hydrogen (secondary N) is 1. The third-order valence-corrected chi connectivity index (χ3v) is 8.59. The van der Waals surface area contributed by atoms with Crippen molar-refractivity contribution in [2.45, 2.75) is 22.7 Å². The molecule has 4 heterocycles. The molecule has 2 aliphatic heterocycles. The minimum atomic E-state index is -1.15. The number of hydrogen-bond acceptors (Lipinski definition) is 9. The molecule has 2 aliphatic rings. The number of rotatable bonds is 5. The number of pyridine rings is 1. The number of hydrogen-bond donors (Lipinski definition) is 2. The van der Waals surface area contributed by atoms with Crippen LogP contribution in [0.15, 0.2) is 58.6 Å². The first-order valence-electron chi connectivity index (χ1n) is 10.7. The van der Waals surface area contributed by atoms with Crippen molar-refractivity contribution in [3.63, 3.8) is 0 Å². The van der Waals surface area contributed by atoms with Crippen molar-refractivity contribution < 1.29 is 23.9 Å². The lowest BCUT2D eigenvalue weighted by molar-refractivity contribution is -0.135. The zero-order chi connectivity index (χ0) is 25.6. The Balaban J connectivity index is 1.52. The molecule has 3 unspecified atom stereocenters. The molecule has 5 rings (SSSR count). The lowest BCUT2D eigenvalue weighted by Crippen LogP contribution is -2.41. The Labute approximate surface area is 212 Å². The summed E-state index contributed by atoms with van der Waals surface area (Å²) >= 11 is 1.90. The monoisotopic (exact) mass is 525 g/mol. The van der Waals surface area contributed by atoms with E-state index in [2.05, 4.69) is 10.3 Å².